The fourth-order valence-corrected chi connectivity index (χ4v) is 1.99. The topological polar surface area (TPSA) is 29.5 Å². The Morgan fingerprint density at radius 1 is 1.38 bits per heavy atom. The molecule has 1 fully saturated rings. The molecule has 3 heteroatoms. The third kappa shape index (κ3) is 2.68. The number of carbonyl (C=O) groups is 1. The van der Waals surface area contributed by atoms with Gasteiger partial charge >= 0.3 is 0 Å². The van der Waals surface area contributed by atoms with Crippen LogP contribution in [0, 0.1) is 6.92 Å². The molecule has 0 radical (unpaired) electrons. The average molecular weight is 219 g/mol. The Hall–Kier alpha value is -1.19. The zero-order valence-electron chi connectivity index (χ0n) is 9.61. The number of ether oxygens (including phenoxy) is 1. The number of morpholine rings is 1. The second kappa shape index (κ2) is 5.23. The van der Waals surface area contributed by atoms with Crippen LogP contribution < -0.4 is 0 Å². The van der Waals surface area contributed by atoms with E-state index in [1.54, 1.807) is 0 Å². The minimum absolute atomic E-state index is 0.783. The summed E-state index contributed by atoms with van der Waals surface area (Å²) in [7, 11) is 0. The summed E-state index contributed by atoms with van der Waals surface area (Å²) in [5, 5.41) is 0. The fraction of sp³-hybridized carbons (Fsp3) is 0.462. The molecule has 86 valence electrons. The Kier molecular flexibility index (Phi) is 3.70. The van der Waals surface area contributed by atoms with Crippen molar-refractivity contribution in [2.45, 2.75) is 13.5 Å². The maximum atomic E-state index is 10.7. The second-order valence-corrected chi connectivity index (χ2v) is 4.20. The molecule has 1 aromatic carbocycles. The number of aldehydes is 1. The molecule has 2 rings (SSSR count). The van der Waals surface area contributed by atoms with Crippen LogP contribution in [-0.2, 0) is 11.3 Å². The number of nitrogens with zero attached hydrogens (tertiary/aromatic N) is 1. The Bertz CT molecular complexity index is 370. The molecular formula is C13H17NO2. The number of hydrogen-bond acceptors (Lipinski definition) is 3. The Morgan fingerprint density at radius 3 is 2.75 bits per heavy atom. The lowest BCUT2D eigenvalue weighted by Gasteiger charge is -2.26. The molecule has 1 aliphatic heterocycles. The van der Waals surface area contributed by atoms with E-state index in [4.69, 9.17) is 4.74 Å². The summed E-state index contributed by atoms with van der Waals surface area (Å²) in [6, 6.07) is 6.03. The van der Waals surface area contributed by atoms with Crippen LogP contribution in [0.1, 0.15) is 21.5 Å². The number of rotatable bonds is 3. The monoisotopic (exact) mass is 219 g/mol. The van der Waals surface area contributed by atoms with Crippen molar-refractivity contribution >= 4 is 6.29 Å². The number of benzene rings is 1. The predicted molar refractivity (Wildman–Crippen MR) is 62.7 cm³/mol. The molecule has 3 nitrogen and oxygen atoms in total. The van der Waals surface area contributed by atoms with Gasteiger partial charge < -0.3 is 4.74 Å². The van der Waals surface area contributed by atoms with Crippen molar-refractivity contribution in [2.75, 3.05) is 26.3 Å². The van der Waals surface area contributed by atoms with Gasteiger partial charge in [-0.05, 0) is 18.1 Å². The molecular weight excluding hydrogens is 202 g/mol. The van der Waals surface area contributed by atoms with Crippen molar-refractivity contribution in [1.29, 1.82) is 0 Å². The van der Waals surface area contributed by atoms with Gasteiger partial charge in [0.05, 0.1) is 13.2 Å². The number of aryl methyl sites for hydroxylation is 1. The maximum absolute atomic E-state index is 10.7. The zero-order chi connectivity index (χ0) is 11.4. The SMILES string of the molecule is Cc1cc(CN2CCOCC2)ccc1C=O. The van der Waals surface area contributed by atoms with Crippen molar-refractivity contribution in [3.8, 4) is 0 Å². The molecule has 1 saturated heterocycles. The molecule has 1 heterocycles. The summed E-state index contributed by atoms with van der Waals surface area (Å²) in [5.41, 5.74) is 3.11. The summed E-state index contributed by atoms with van der Waals surface area (Å²) in [6.45, 7) is 6.57. The first-order chi connectivity index (χ1) is 7.79. The van der Waals surface area contributed by atoms with E-state index in [9.17, 15) is 4.79 Å². The summed E-state index contributed by atoms with van der Waals surface area (Å²) in [5.74, 6) is 0. The van der Waals surface area contributed by atoms with Crippen molar-refractivity contribution in [1.82, 2.24) is 4.90 Å². The highest BCUT2D eigenvalue weighted by Gasteiger charge is 2.10. The van der Waals surface area contributed by atoms with Crippen molar-refractivity contribution in [2.24, 2.45) is 0 Å². The Balaban J connectivity index is 2.03. The van der Waals surface area contributed by atoms with E-state index in [1.807, 2.05) is 19.1 Å². The van der Waals surface area contributed by atoms with Crippen LogP contribution in [0.25, 0.3) is 0 Å². The van der Waals surface area contributed by atoms with Crippen LogP contribution in [0.3, 0.4) is 0 Å². The third-order valence-electron chi connectivity index (χ3n) is 2.97. The molecule has 16 heavy (non-hydrogen) atoms. The molecule has 0 amide bonds. The zero-order valence-corrected chi connectivity index (χ0v) is 9.61. The smallest absolute Gasteiger partial charge is 0.150 e. The molecule has 0 bridgehead atoms. The standard InChI is InChI=1S/C13H17NO2/c1-11-8-12(2-3-13(11)10-15)9-14-4-6-16-7-5-14/h2-3,8,10H,4-7,9H2,1H3. The van der Waals surface area contributed by atoms with Gasteiger partial charge in [-0.1, -0.05) is 18.2 Å². The van der Waals surface area contributed by atoms with Crippen LogP contribution in [-0.4, -0.2) is 37.5 Å². The lowest BCUT2D eigenvalue weighted by atomic mass is 10.1. The molecule has 0 unspecified atom stereocenters. The molecule has 0 saturated carbocycles. The van der Waals surface area contributed by atoms with E-state index < -0.39 is 0 Å². The van der Waals surface area contributed by atoms with Gasteiger partial charge in [0.25, 0.3) is 0 Å². The first-order valence-corrected chi connectivity index (χ1v) is 5.64. The van der Waals surface area contributed by atoms with Crippen LogP contribution in [0.2, 0.25) is 0 Å². The van der Waals surface area contributed by atoms with E-state index in [-0.39, 0.29) is 0 Å². The van der Waals surface area contributed by atoms with Crippen molar-refractivity contribution in [3.05, 3.63) is 34.9 Å². The molecule has 0 aliphatic carbocycles. The van der Waals surface area contributed by atoms with E-state index in [0.29, 0.717) is 0 Å². The van der Waals surface area contributed by atoms with Crippen molar-refractivity contribution < 1.29 is 9.53 Å². The summed E-state index contributed by atoms with van der Waals surface area (Å²) in [6.07, 6.45) is 0.911. The van der Waals surface area contributed by atoms with Crippen LogP contribution in [0.4, 0.5) is 0 Å². The Morgan fingerprint density at radius 2 is 2.12 bits per heavy atom. The normalized spacial score (nSPS) is 17.3. The lowest BCUT2D eigenvalue weighted by molar-refractivity contribution is 0.0342. The van der Waals surface area contributed by atoms with Gasteiger partial charge in [-0.25, -0.2) is 0 Å². The molecule has 0 aromatic heterocycles. The highest BCUT2D eigenvalue weighted by atomic mass is 16.5. The van der Waals surface area contributed by atoms with Gasteiger partial charge in [0, 0.05) is 25.2 Å². The van der Waals surface area contributed by atoms with Crippen LogP contribution >= 0.6 is 0 Å². The lowest BCUT2D eigenvalue weighted by Crippen LogP contribution is -2.35. The molecule has 0 spiro atoms. The molecule has 0 N–H and O–H groups in total. The first-order valence-electron chi connectivity index (χ1n) is 5.64. The van der Waals surface area contributed by atoms with E-state index in [2.05, 4.69) is 11.0 Å². The van der Waals surface area contributed by atoms with Gasteiger partial charge in [0.1, 0.15) is 6.29 Å². The summed E-state index contributed by atoms with van der Waals surface area (Å²) >= 11 is 0. The summed E-state index contributed by atoms with van der Waals surface area (Å²) in [4.78, 5) is 13.1. The highest BCUT2D eigenvalue weighted by Crippen LogP contribution is 2.12. The van der Waals surface area contributed by atoms with Gasteiger partial charge in [0.15, 0.2) is 0 Å². The van der Waals surface area contributed by atoms with Crippen LogP contribution in [0.5, 0.6) is 0 Å². The molecule has 1 aliphatic rings. The first kappa shape index (κ1) is 11.3. The minimum Gasteiger partial charge on any atom is -0.379 e. The van der Waals surface area contributed by atoms with Gasteiger partial charge in [-0.3, -0.25) is 9.69 Å². The maximum Gasteiger partial charge on any atom is 0.150 e. The van der Waals surface area contributed by atoms with Gasteiger partial charge in [-0.2, -0.15) is 0 Å². The quantitative estimate of drug-likeness (QED) is 0.724. The van der Waals surface area contributed by atoms with Crippen molar-refractivity contribution in [3.63, 3.8) is 0 Å². The van der Waals surface area contributed by atoms with E-state index in [1.165, 1.54) is 5.56 Å². The predicted octanol–water partition coefficient (Wildman–Crippen LogP) is 1.64. The second-order valence-electron chi connectivity index (χ2n) is 4.20. The largest absolute Gasteiger partial charge is 0.379 e. The third-order valence-corrected chi connectivity index (χ3v) is 2.97. The van der Waals surface area contributed by atoms with Gasteiger partial charge in [0.2, 0.25) is 0 Å². The number of carbonyl (C=O) groups excluding carboxylic acids is 1. The summed E-state index contributed by atoms with van der Waals surface area (Å²) < 4.78 is 5.31. The van der Waals surface area contributed by atoms with E-state index in [0.717, 1.165) is 50.3 Å². The van der Waals surface area contributed by atoms with Crippen LogP contribution in [0.15, 0.2) is 18.2 Å². The highest BCUT2D eigenvalue weighted by molar-refractivity contribution is 5.77. The van der Waals surface area contributed by atoms with Gasteiger partial charge in [-0.15, -0.1) is 0 Å². The average Bonchev–Trinajstić information content (AvgIpc) is 2.31. The Labute approximate surface area is 96.0 Å². The minimum atomic E-state index is 0.783. The number of hydrogen-bond donors (Lipinski definition) is 0. The van der Waals surface area contributed by atoms with E-state index >= 15 is 0 Å². The molecule has 0 atom stereocenters. The molecule has 1 aromatic rings. The fourth-order valence-electron chi connectivity index (χ4n) is 1.99.